The lowest BCUT2D eigenvalue weighted by atomic mass is 10.3. The van der Waals surface area contributed by atoms with Crippen molar-refractivity contribution in [2.45, 2.75) is 13.0 Å². The standard InChI is InChI=1S/C9H12ClN3O2/c1-6(15-9(11)14)5-13-7-2-3-12-8(10)4-7/h2-4,6H,5H2,1H3,(H2,11,14)(H,12,13)/t6-/m0/s1. The van der Waals surface area contributed by atoms with Crippen molar-refractivity contribution in [2.75, 3.05) is 11.9 Å². The number of nitrogens with one attached hydrogen (secondary N) is 1. The van der Waals surface area contributed by atoms with Crippen LogP contribution in [0.4, 0.5) is 10.5 Å². The van der Waals surface area contributed by atoms with Gasteiger partial charge in [0.1, 0.15) is 11.3 Å². The molecule has 0 bridgehead atoms. The first-order valence-electron chi connectivity index (χ1n) is 4.39. The Labute approximate surface area is 92.6 Å². The summed E-state index contributed by atoms with van der Waals surface area (Å²) < 4.78 is 4.73. The van der Waals surface area contributed by atoms with E-state index >= 15 is 0 Å². The molecule has 5 nitrogen and oxygen atoms in total. The van der Waals surface area contributed by atoms with Crippen LogP contribution in [-0.2, 0) is 4.74 Å². The van der Waals surface area contributed by atoms with Gasteiger partial charge in [0, 0.05) is 11.9 Å². The van der Waals surface area contributed by atoms with E-state index in [2.05, 4.69) is 10.3 Å². The summed E-state index contributed by atoms with van der Waals surface area (Å²) in [5, 5.41) is 3.44. The van der Waals surface area contributed by atoms with Gasteiger partial charge in [-0.3, -0.25) is 0 Å². The lowest BCUT2D eigenvalue weighted by Crippen LogP contribution is -2.26. The maximum absolute atomic E-state index is 10.4. The molecule has 0 aliphatic rings. The van der Waals surface area contributed by atoms with Gasteiger partial charge < -0.3 is 15.8 Å². The number of nitrogens with zero attached hydrogens (tertiary/aromatic N) is 1. The molecule has 0 spiro atoms. The fourth-order valence-corrected chi connectivity index (χ4v) is 1.19. The summed E-state index contributed by atoms with van der Waals surface area (Å²) in [4.78, 5) is 14.3. The molecule has 1 rings (SSSR count). The average molecular weight is 230 g/mol. The van der Waals surface area contributed by atoms with Crippen molar-refractivity contribution in [2.24, 2.45) is 5.73 Å². The van der Waals surface area contributed by atoms with Crippen LogP contribution in [0.1, 0.15) is 6.92 Å². The highest BCUT2D eigenvalue weighted by molar-refractivity contribution is 6.29. The molecule has 0 saturated heterocycles. The molecule has 0 aromatic carbocycles. The third-order valence-corrected chi connectivity index (χ3v) is 1.84. The summed E-state index contributed by atoms with van der Waals surface area (Å²) >= 11 is 5.69. The van der Waals surface area contributed by atoms with Gasteiger partial charge in [0.15, 0.2) is 0 Å². The van der Waals surface area contributed by atoms with Crippen molar-refractivity contribution >= 4 is 23.4 Å². The molecule has 6 heteroatoms. The highest BCUT2D eigenvalue weighted by Gasteiger charge is 2.05. The molecule has 0 radical (unpaired) electrons. The molecule has 82 valence electrons. The summed E-state index contributed by atoms with van der Waals surface area (Å²) in [6.07, 6.45) is 0.510. The molecule has 0 saturated carbocycles. The average Bonchev–Trinajstić information content (AvgIpc) is 2.14. The second-order valence-electron chi connectivity index (χ2n) is 3.00. The molecule has 0 aliphatic heterocycles. The molecule has 1 amide bonds. The molecule has 15 heavy (non-hydrogen) atoms. The van der Waals surface area contributed by atoms with Crippen LogP contribution in [0.5, 0.6) is 0 Å². The first-order chi connectivity index (χ1) is 7.08. The van der Waals surface area contributed by atoms with Gasteiger partial charge in [-0.1, -0.05) is 11.6 Å². The number of nitrogens with two attached hydrogens (primary N) is 1. The summed E-state index contributed by atoms with van der Waals surface area (Å²) in [5.41, 5.74) is 5.68. The summed E-state index contributed by atoms with van der Waals surface area (Å²) in [6, 6.07) is 3.45. The van der Waals surface area contributed by atoms with Gasteiger partial charge in [0.25, 0.3) is 0 Å². The van der Waals surface area contributed by atoms with Gasteiger partial charge in [-0.05, 0) is 19.1 Å². The highest BCUT2D eigenvalue weighted by Crippen LogP contribution is 2.11. The Hall–Kier alpha value is -1.49. The van der Waals surface area contributed by atoms with Gasteiger partial charge in [-0.2, -0.15) is 0 Å². The fraction of sp³-hybridized carbons (Fsp3) is 0.333. The molecule has 1 aromatic heterocycles. The minimum absolute atomic E-state index is 0.297. The third-order valence-electron chi connectivity index (χ3n) is 1.64. The molecule has 0 fully saturated rings. The maximum Gasteiger partial charge on any atom is 0.404 e. The van der Waals surface area contributed by atoms with Gasteiger partial charge in [-0.15, -0.1) is 0 Å². The second kappa shape index (κ2) is 5.41. The number of pyridine rings is 1. The van der Waals surface area contributed by atoms with Crippen molar-refractivity contribution in [1.82, 2.24) is 4.98 Å². The number of anilines is 1. The topological polar surface area (TPSA) is 77.2 Å². The molecule has 3 N–H and O–H groups in total. The van der Waals surface area contributed by atoms with Crippen molar-refractivity contribution < 1.29 is 9.53 Å². The molecular weight excluding hydrogens is 218 g/mol. The van der Waals surface area contributed by atoms with Gasteiger partial charge in [0.2, 0.25) is 0 Å². The van der Waals surface area contributed by atoms with Crippen LogP contribution in [-0.4, -0.2) is 23.7 Å². The number of halogens is 1. The number of primary amides is 1. The van der Waals surface area contributed by atoms with Gasteiger partial charge >= 0.3 is 6.09 Å². The number of rotatable bonds is 4. The van der Waals surface area contributed by atoms with Crippen LogP contribution >= 0.6 is 11.6 Å². The van der Waals surface area contributed by atoms with Crippen LogP contribution in [0.2, 0.25) is 5.15 Å². The fourth-order valence-electron chi connectivity index (χ4n) is 1.01. The zero-order chi connectivity index (χ0) is 11.3. The Balaban J connectivity index is 2.40. The van der Waals surface area contributed by atoms with E-state index in [0.29, 0.717) is 11.7 Å². The van der Waals surface area contributed by atoms with E-state index in [1.54, 1.807) is 25.3 Å². The Kier molecular flexibility index (Phi) is 4.17. The molecule has 1 aromatic rings. The van der Waals surface area contributed by atoms with Crippen LogP contribution in [0.25, 0.3) is 0 Å². The van der Waals surface area contributed by atoms with Crippen molar-refractivity contribution in [3.05, 3.63) is 23.5 Å². The quantitative estimate of drug-likeness (QED) is 0.770. The maximum atomic E-state index is 10.4. The van der Waals surface area contributed by atoms with E-state index in [9.17, 15) is 4.79 Å². The van der Waals surface area contributed by atoms with E-state index in [4.69, 9.17) is 22.1 Å². The Morgan fingerprint density at radius 2 is 2.53 bits per heavy atom. The number of ether oxygens (including phenoxy) is 1. The monoisotopic (exact) mass is 229 g/mol. The van der Waals surface area contributed by atoms with E-state index < -0.39 is 6.09 Å². The molecular formula is C9H12ClN3O2. The number of hydrogen-bond donors (Lipinski definition) is 2. The summed E-state index contributed by atoms with van der Waals surface area (Å²) in [5.74, 6) is 0. The predicted octanol–water partition coefficient (Wildman–Crippen LogP) is 1.63. The van der Waals surface area contributed by atoms with Crippen molar-refractivity contribution in [3.63, 3.8) is 0 Å². The van der Waals surface area contributed by atoms with E-state index in [1.807, 2.05) is 0 Å². The first kappa shape index (κ1) is 11.6. The predicted molar refractivity (Wildman–Crippen MR) is 57.9 cm³/mol. The van der Waals surface area contributed by atoms with Crippen LogP contribution in [0, 0.1) is 0 Å². The number of amides is 1. The smallest absolute Gasteiger partial charge is 0.404 e. The summed E-state index contributed by atoms with van der Waals surface area (Å²) in [6.45, 7) is 2.20. The molecule has 0 unspecified atom stereocenters. The number of carbonyl (C=O) groups excluding carboxylic acids is 1. The normalized spacial score (nSPS) is 11.9. The second-order valence-corrected chi connectivity index (χ2v) is 3.38. The number of aromatic nitrogens is 1. The number of carbonyl (C=O) groups is 1. The van der Waals surface area contributed by atoms with Crippen molar-refractivity contribution in [1.29, 1.82) is 0 Å². The van der Waals surface area contributed by atoms with Crippen LogP contribution in [0.15, 0.2) is 18.3 Å². The largest absolute Gasteiger partial charge is 0.445 e. The zero-order valence-electron chi connectivity index (χ0n) is 8.24. The van der Waals surface area contributed by atoms with Crippen LogP contribution < -0.4 is 11.1 Å². The van der Waals surface area contributed by atoms with E-state index in [-0.39, 0.29) is 6.10 Å². The lowest BCUT2D eigenvalue weighted by Gasteiger charge is -2.13. The molecule has 1 heterocycles. The SMILES string of the molecule is C[C@@H](CNc1ccnc(Cl)c1)OC(N)=O. The van der Waals surface area contributed by atoms with E-state index in [0.717, 1.165) is 5.69 Å². The Bertz CT molecular complexity index is 346. The first-order valence-corrected chi connectivity index (χ1v) is 4.77. The third kappa shape index (κ3) is 4.51. The van der Waals surface area contributed by atoms with Gasteiger partial charge in [-0.25, -0.2) is 9.78 Å². The molecule has 0 aliphatic carbocycles. The molecule has 1 atom stereocenters. The minimum Gasteiger partial charge on any atom is -0.445 e. The van der Waals surface area contributed by atoms with Crippen LogP contribution in [0.3, 0.4) is 0 Å². The lowest BCUT2D eigenvalue weighted by molar-refractivity contribution is 0.122. The highest BCUT2D eigenvalue weighted by atomic mass is 35.5. The van der Waals surface area contributed by atoms with E-state index in [1.165, 1.54) is 0 Å². The Morgan fingerprint density at radius 1 is 1.80 bits per heavy atom. The summed E-state index contributed by atoms with van der Waals surface area (Å²) in [7, 11) is 0. The minimum atomic E-state index is -0.780. The van der Waals surface area contributed by atoms with Crippen molar-refractivity contribution in [3.8, 4) is 0 Å². The zero-order valence-corrected chi connectivity index (χ0v) is 8.99. The Morgan fingerprint density at radius 3 is 3.13 bits per heavy atom. The number of hydrogen-bond acceptors (Lipinski definition) is 4. The van der Waals surface area contributed by atoms with Gasteiger partial charge in [0.05, 0.1) is 6.54 Å².